The van der Waals surface area contributed by atoms with Crippen molar-refractivity contribution in [2.75, 3.05) is 10.0 Å². The Kier molecular flexibility index (Phi) is 5.55. The van der Waals surface area contributed by atoms with E-state index in [1.807, 2.05) is 6.07 Å². The number of hydrogen-bond donors (Lipinski definition) is 2. The smallest absolute Gasteiger partial charge is 0.261 e. The second-order valence-electron chi connectivity index (χ2n) is 6.85. The highest BCUT2D eigenvalue weighted by molar-refractivity contribution is 7.92. The summed E-state index contributed by atoms with van der Waals surface area (Å²) in [5, 5.41) is 7.29. The normalized spacial score (nSPS) is 11.1. The fraction of sp³-hybridized carbons (Fsp3) is 0.0435. The minimum absolute atomic E-state index is 0.197. The van der Waals surface area contributed by atoms with Crippen LogP contribution >= 0.6 is 0 Å². The van der Waals surface area contributed by atoms with E-state index in [2.05, 4.69) is 15.1 Å². The fourth-order valence-corrected chi connectivity index (χ4v) is 4.11. The van der Waals surface area contributed by atoms with E-state index in [9.17, 15) is 13.2 Å². The number of rotatable bonds is 6. The van der Waals surface area contributed by atoms with Crippen LogP contribution in [-0.4, -0.2) is 24.1 Å². The molecule has 1 heterocycles. The van der Waals surface area contributed by atoms with E-state index in [-0.39, 0.29) is 10.8 Å². The third-order valence-corrected chi connectivity index (χ3v) is 6.04. The van der Waals surface area contributed by atoms with E-state index in [4.69, 9.17) is 0 Å². The molecule has 1 aromatic heterocycles. The van der Waals surface area contributed by atoms with Gasteiger partial charge >= 0.3 is 0 Å². The van der Waals surface area contributed by atoms with Gasteiger partial charge in [-0.25, -0.2) is 8.42 Å². The van der Waals surface area contributed by atoms with Crippen molar-refractivity contribution >= 4 is 27.4 Å². The minimum Gasteiger partial charge on any atom is -0.307 e. The molecule has 0 aliphatic rings. The van der Waals surface area contributed by atoms with Gasteiger partial charge in [-0.1, -0.05) is 48.5 Å². The van der Waals surface area contributed by atoms with Gasteiger partial charge in [-0.2, -0.15) is 5.10 Å². The number of benzene rings is 3. The topological polar surface area (TPSA) is 93.1 Å². The summed E-state index contributed by atoms with van der Waals surface area (Å²) >= 11 is 0. The van der Waals surface area contributed by atoms with Crippen LogP contribution in [0.25, 0.3) is 11.3 Å². The van der Waals surface area contributed by atoms with E-state index >= 15 is 0 Å². The van der Waals surface area contributed by atoms with Crippen LogP contribution in [-0.2, 0) is 17.1 Å². The molecular formula is C23H20N4O3S. The van der Waals surface area contributed by atoms with Gasteiger partial charge in [-0.15, -0.1) is 0 Å². The third kappa shape index (κ3) is 4.65. The van der Waals surface area contributed by atoms with Gasteiger partial charge in [0, 0.05) is 29.9 Å². The summed E-state index contributed by atoms with van der Waals surface area (Å²) < 4.78 is 29.1. The van der Waals surface area contributed by atoms with Gasteiger partial charge in [0.15, 0.2) is 0 Å². The van der Waals surface area contributed by atoms with Crippen molar-refractivity contribution < 1.29 is 13.2 Å². The molecule has 31 heavy (non-hydrogen) atoms. The molecule has 0 saturated carbocycles. The second kappa shape index (κ2) is 8.45. The number of carbonyl (C=O) groups excluding carboxylic acids is 1. The van der Waals surface area contributed by atoms with E-state index in [0.29, 0.717) is 22.8 Å². The molecule has 1 amide bonds. The van der Waals surface area contributed by atoms with E-state index in [1.165, 1.54) is 12.1 Å². The first-order valence-electron chi connectivity index (χ1n) is 9.51. The maximum Gasteiger partial charge on any atom is 0.261 e. The highest BCUT2D eigenvalue weighted by Crippen LogP contribution is 2.24. The van der Waals surface area contributed by atoms with Crippen LogP contribution in [0.4, 0.5) is 11.5 Å². The van der Waals surface area contributed by atoms with Crippen molar-refractivity contribution in [3.05, 3.63) is 96.6 Å². The van der Waals surface area contributed by atoms with Crippen molar-refractivity contribution in [2.24, 2.45) is 7.05 Å². The zero-order chi connectivity index (χ0) is 21.8. The second-order valence-corrected chi connectivity index (χ2v) is 8.54. The number of sulfonamides is 1. The molecule has 8 heteroatoms. The monoisotopic (exact) mass is 432 g/mol. The summed E-state index contributed by atoms with van der Waals surface area (Å²) in [7, 11) is -1.91. The zero-order valence-corrected chi connectivity index (χ0v) is 17.5. The lowest BCUT2D eigenvalue weighted by atomic mass is 10.1. The van der Waals surface area contributed by atoms with Crippen LogP contribution in [0.1, 0.15) is 10.4 Å². The van der Waals surface area contributed by atoms with Gasteiger partial charge in [0.05, 0.1) is 10.6 Å². The lowest BCUT2D eigenvalue weighted by molar-refractivity contribution is 0.102. The van der Waals surface area contributed by atoms with Crippen molar-refractivity contribution in [3.8, 4) is 11.3 Å². The molecule has 0 aliphatic heterocycles. The first-order valence-corrected chi connectivity index (χ1v) is 11.0. The van der Waals surface area contributed by atoms with Gasteiger partial charge in [0.2, 0.25) is 0 Å². The summed E-state index contributed by atoms with van der Waals surface area (Å²) in [4.78, 5) is 12.6. The number of carbonyl (C=O) groups is 1. The molecule has 0 aliphatic carbocycles. The van der Waals surface area contributed by atoms with Crippen LogP contribution in [0.3, 0.4) is 0 Å². The average Bonchev–Trinajstić information content (AvgIpc) is 3.15. The largest absolute Gasteiger partial charge is 0.307 e. The molecule has 0 unspecified atom stereocenters. The van der Waals surface area contributed by atoms with Crippen LogP contribution in [0.2, 0.25) is 0 Å². The molecule has 7 nitrogen and oxygen atoms in total. The molecule has 0 saturated heterocycles. The quantitative estimate of drug-likeness (QED) is 0.479. The highest BCUT2D eigenvalue weighted by atomic mass is 32.2. The summed E-state index contributed by atoms with van der Waals surface area (Å²) in [6, 6.07) is 25.8. The standard InChI is InChI=1S/C23H20N4O3S/c1-27-22(24-23(28)18-8-4-2-5-9-18)16-21(25-27)17-12-14-19(15-13-17)26-31(29,30)20-10-6-3-7-11-20/h2-16,26H,1H3,(H,24,28). The molecule has 4 aromatic rings. The first-order chi connectivity index (χ1) is 14.9. The summed E-state index contributed by atoms with van der Waals surface area (Å²) in [6.07, 6.45) is 0. The Morgan fingerprint density at radius 1 is 0.871 bits per heavy atom. The van der Waals surface area contributed by atoms with Gasteiger partial charge in [-0.3, -0.25) is 14.2 Å². The minimum atomic E-state index is -3.65. The zero-order valence-electron chi connectivity index (χ0n) is 16.7. The van der Waals surface area contributed by atoms with Crippen molar-refractivity contribution in [1.82, 2.24) is 9.78 Å². The number of nitrogens with zero attached hydrogens (tertiary/aromatic N) is 2. The van der Waals surface area contributed by atoms with Crippen molar-refractivity contribution in [3.63, 3.8) is 0 Å². The van der Waals surface area contributed by atoms with E-state index in [0.717, 1.165) is 5.56 Å². The van der Waals surface area contributed by atoms with Crippen molar-refractivity contribution in [2.45, 2.75) is 4.90 Å². The Hall–Kier alpha value is -3.91. The van der Waals surface area contributed by atoms with Crippen LogP contribution in [0.15, 0.2) is 95.9 Å². The Bertz CT molecular complexity index is 1300. The van der Waals surface area contributed by atoms with Crippen LogP contribution in [0, 0.1) is 0 Å². The summed E-state index contributed by atoms with van der Waals surface area (Å²) in [5.41, 5.74) is 2.45. The maximum atomic E-state index is 12.5. The van der Waals surface area contributed by atoms with Gasteiger partial charge in [0.25, 0.3) is 15.9 Å². The van der Waals surface area contributed by atoms with E-state index in [1.54, 1.807) is 84.5 Å². The number of aromatic nitrogens is 2. The molecule has 0 bridgehead atoms. The number of anilines is 2. The predicted octanol–water partition coefficient (Wildman–Crippen LogP) is 4.14. The van der Waals surface area contributed by atoms with Crippen LogP contribution in [0.5, 0.6) is 0 Å². The molecule has 156 valence electrons. The molecule has 0 atom stereocenters. The Morgan fingerprint density at radius 2 is 1.48 bits per heavy atom. The molecule has 0 radical (unpaired) electrons. The van der Waals surface area contributed by atoms with Crippen LogP contribution < -0.4 is 10.0 Å². The summed E-state index contributed by atoms with van der Waals surface area (Å²) in [5.74, 6) is 0.332. The third-order valence-electron chi connectivity index (χ3n) is 4.64. The van der Waals surface area contributed by atoms with Gasteiger partial charge in [0.1, 0.15) is 5.82 Å². The number of nitrogens with one attached hydrogen (secondary N) is 2. The van der Waals surface area contributed by atoms with E-state index < -0.39 is 10.0 Å². The van der Waals surface area contributed by atoms with Crippen molar-refractivity contribution in [1.29, 1.82) is 0 Å². The number of amides is 1. The Balaban J connectivity index is 1.50. The molecule has 2 N–H and O–H groups in total. The molecule has 0 fully saturated rings. The maximum absolute atomic E-state index is 12.5. The lowest BCUT2D eigenvalue weighted by Gasteiger charge is -2.08. The lowest BCUT2D eigenvalue weighted by Crippen LogP contribution is -2.14. The Morgan fingerprint density at radius 3 is 2.13 bits per heavy atom. The Labute approximate surface area is 180 Å². The molecular weight excluding hydrogens is 412 g/mol. The predicted molar refractivity (Wildman–Crippen MR) is 120 cm³/mol. The number of hydrogen-bond acceptors (Lipinski definition) is 4. The SMILES string of the molecule is Cn1nc(-c2ccc(NS(=O)(=O)c3ccccc3)cc2)cc1NC(=O)c1ccccc1. The molecule has 4 rings (SSSR count). The summed E-state index contributed by atoms with van der Waals surface area (Å²) in [6.45, 7) is 0. The first kappa shape index (κ1) is 20.4. The average molecular weight is 433 g/mol. The fourth-order valence-electron chi connectivity index (χ4n) is 3.03. The molecule has 3 aromatic carbocycles. The molecule has 0 spiro atoms. The number of aryl methyl sites for hydroxylation is 1. The van der Waals surface area contributed by atoms with Gasteiger partial charge in [-0.05, 0) is 36.4 Å². The highest BCUT2D eigenvalue weighted by Gasteiger charge is 2.14. The van der Waals surface area contributed by atoms with Gasteiger partial charge < -0.3 is 5.32 Å².